The number of halogens is 3. The van der Waals surface area contributed by atoms with Gasteiger partial charge in [-0.25, -0.2) is 0 Å². The van der Waals surface area contributed by atoms with E-state index in [2.05, 4.69) is 50.5 Å². The van der Waals surface area contributed by atoms with Gasteiger partial charge < -0.3 is 10.2 Å². The minimum Gasteiger partial charge on any atom is -0.372 e. The largest absolute Gasteiger partial charge is 0.435 e. The zero-order valence-corrected chi connectivity index (χ0v) is 18.2. The molecule has 170 valence electrons. The maximum atomic E-state index is 13.6. The Kier molecular flexibility index (Phi) is 5.14. The molecule has 1 aliphatic carbocycles. The van der Waals surface area contributed by atoms with Crippen LogP contribution in [0.1, 0.15) is 62.4 Å². The summed E-state index contributed by atoms with van der Waals surface area (Å²) in [5.41, 5.74) is 4.26. The van der Waals surface area contributed by atoms with Crippen molar-refractivity contribution in [1.82, 2.24) is 20.4 Å². The molecule has 1 fully saturated rings. The zero-order valence-electron chi connectivity index (χ0n) is 18.2. The van der Waals surface area contributed by atoms with Crippen molar-refractivity contribution in [2.75, 3.05) is 23.3 Å². The van der Waals surface area contributed by atoms with Crippen LogP contribution in [0.25, 0.3) is 16.5 Å². The molecule has 3 aromatic rings. The number of aromatic amines is 2. The highest BCUT2D eigenvalue weighted by Gasteiger charge is 2.40. The number of nitrogens with zero attached hydrogens (tertiary/aromatic N) is 3. The predicted molar refractivity (Wildman–Crippen MR) is 120 cm³/mol. The minimum absolute atomic E-state index is 0.122. The lowest BCUT2D eigenvalue weighted by Gasteiger charge is -2.37. The van der Waals surface area contributed by atoms with Crippen LogP contribution in [0.4, 0.5) is 24.5 Å². The van der Waals surface area contributed by atoms with Crippen LogP contribution < -0.4 is 10.2 Å². The molecular weight excluding hydrogens is 417 g/mol. The van der Waals surface area contributed by atoms with E-state index in [1.165, 1.54) is 6.20 Å². The molecule has 9 heteroatoms. The van der Waals surface area contributed by atoms with Crippen molar-refractivity contribution in [1.29, 1.82) is 0 Å². The second-order valence-corrected chi connectivity index (χ2v) is 8.62. The van der Waals surface area contributed by atoms with Gasteiger partial charge in [-0.1, -0.05) is 19.4 Å². The summed E-state index contributed by atoms with van der Waals surface area (Å²) in [5, 5.41) is 17.8. The quantitative estimate of drug-likeness (QED) is 0.443. The van der Waals surface area contributed by atoms with Gasteiger partial charge in [-0.15, -0.1) is 0 Å². The molecule has 1 saturated carbocycles. The van der Waals surface area contributed by atoms with Crippen LogP contribution in [0.2, 0.25) is 0 Å². The van der Waals surface area contributed by atoms with Crippen molar-refractivity contribution in [3.63, 3.8) is 0 Å². The van der Waals surface area contributed by atoms with Gasteiger partial charge in [0.05, 0.1) is 29.1 Å². The molecule has 0 amide bonds. The second-order valence-electron chi connectivity index (χ2n) is 8.62. The average molecular weight is 445 g/mol. The smallest absolute Gasteiger partial charge is 0.372 e. The van der Waals surface area contributed by atoms with Gasteiger partial charge in [-0.3, -0.25) is 10.2 Å². The van der Waals surface area contributed by atoms with Crippen LogP contribution in [0, 0.1) is 5.92 Å². The number of anilines is 2. The van der Waals surface area contributed by atoms with Gasteiger partial charge in [0, 0.05) is 35.8 Å². The first-order valence-corrected chi connectivity index (χ1v) is 11.3. The van der Waals surface area contributed by atoms with Gasteiger partial charge >= 0.3 is 6.18 Å². The first-order chi connectivity index (χ1) is 15.4. The molecule has 6 nitrogen and oxygen atoms in total. The van der Waals surface area contributed by atoms with E-state index in [0.717, 1.165) is 72.2 Å². The fourth-order valence-corrected chi connectivity index (χ4v) is 4.94. The third kappa shape index (κ3) is 3.34. The number of allylic oxidation sites excluding steroid dienone is 1. The molecule has 0 bridgehead atoms. The Morgan fingerprint density at radius 1 is 1.22 bits per heavy atom. The van der Waals surface area contributed by atoms with Crippen LogP contribution >= 0.6 is 0 Å². The molecule has 0 spiro atoms. The normalized spacial score (nSPS) is 18.8. The highest BCUT2D eigenvalue weighted by Crippen LogP contribution is 2.51. The predicted octanol–water partition coefficient (Wildman–Crippen LogP) is 5.89. The number of H-pyrrole nitrogens is 2. The first kappa shape index (κ1) is 20.9. The van der Waals surface area contributed by atoms with Crippen LogP contribution in [0.15, 0.2) is 24.5 Å². The topological polar surface area (TPSA) is 72.6 Å². The molecule has 1 aromatic carbocycles. The third-order valence-corrected chi connectivity index (χ3v) is 6.69. The van der Waals surface area contributed by atoms with E-state index in [4.69, 9.17) is 0 Å². The zero-order chi connectivity index (χ0) is 22.5. The molecule has 5 rings (SSSR count). The van der Waals surface area contributed by atoms with Crippen molar-refractivity contribution >= 4 is 27.9 Å². The molecule has 1 atom stereocenters. The van der Waals surface area contributed by atoms with E-state index < -0.39 is 17.9 Å². The van der Waals surface area contributed by atoms with E-state index in [-0.39, 0.29) is 5.56 Å². The Morgan fingerprint density at radius 2 is 2.03 bits per heavy atom. The number of hydrogen-bond acceptors (Lipinski definition) is 4. The SMILES string of the molecule is CCCN(CC)c1cc2[nH]ncc2c2c1NC(c1c[nH]nc1C(F)(F)F)C=C2C1CCC1. The lowest BCUT2D eigenvalue weighted by Crippen LogP contribution is -2.28. The summed E-state index contributed by atoms with van der Waals surface area (Å²) in [6, 6.07) is 1.45. The molecular formula is C23H27F3N6. The van der Waals surface area contributed by atoms with Crippen molar-refractivity contribution < 1.29 is 13.2 Å². The number of nitrogens with one attached hydrogen (secondary N) is 3. The summed E-state index contributed by atoms with van der Waals surface area (Å²) in [7, 11) is 0. The van der Waals surface area contributed by atoms with Gasteiger partial charge in [-0.05, 0) is 43.7 Å². The highest BCUT2D eigenvalue weighted by molar-refractivity contribution is 6.04. The van der Waals surface area contributed by atoms with Crippen molar-refractivity contribution in [3.05, 3.63) is 41.4 Å². The summed E-state index contributed by atoms with van der Waals surface area (Å²) < 4.78 is 40.9. The standard InChI is InChI=1S/C23H27F3N6/c1-3-8-32(4-2)19-10-18-15(11-27-30-18)20-14(13-6-5-7-13)9-17(29-21(19)20)16-12-28-31-22(16)23(24,25)26/h9-13,17,29H,3-8H2,1-2H3,(H,27,30)(H,28,31). The molecule has 3 heterocycles. The van der Waals surface area contributed by atoms with E-state index in [0.29, 0.717) is 5.92 Å². The average Bonchev–Trinajstić information content (AvgIpc) is 3.39. The number of benzene rings is 1. The van der Waals surface area contributed by atoms with Crippen LogP contribution in [-0.4, -0.2) is 33.5 Å². The molecule has 0 saturated heterocycles. The van der Waals surface area contributed by atoms with E-state index in [1.807, 2.05) is 12.3 Å². The first-order valence-electron chi connectivity index (χ1n) is 11.3. The fourth-order valence-electron chi connectivity index (χ4n) is 4.94. The number of aromatic nitrogens is 4. The lowest BCUT2D eigenvalue weighted by atomic mass is 9.74. The summed E-state index contributed by atoms with van der Waals surface area (Å²) in [6.07, 6.45) is 4.84. The Hall–Kier alpha value is -2.97. The van der Waals surface area contributed by atoms with E-state index >= 15 is 0 Å². The van der Waals surface area contributed by atoms with Crippen molar-refractivity contribution in [3.8, 4) is 0 Å². The Bertz CT molecular complexity index is 1150. The van der Waals surface area contributed by atoms with Gasteiger partial charge in [0.15, 0.2) is 5.69 Å². The molecule has 2 aromatic heterocycles. The maximum Gasteiger partial charge on any atom is 0.435 e. The van der Waals surface area contributed by atoms with Gasteiger partial charge in [0.1, 0.15) is 0 Å². The van der Waals surface area contributed by atoms with Crippen LogP contribution in [-0.2, 0) is 6.18 Å². The summed E-state index contributed by atoms with van der Waals surface area (Å²) in [6.45, 7) is 5.88. The Balaban J connectivity index is 1.72. The molecule has 1 unspecified atom stereocenters. The Labute approximate surface area is 184 Å². The number of rotatable bonds is 6. The van der Waals surface area contributed by atoms with Crippen LogP contribution in [0.5, 0.6) is 0 Å². The summed E-state index contributed by atoms with van der Waals surface area (Å²) in [4.78, 5) is 2.27. The lowest BCUT2D eigenvalue weighted by molar-refractivity contribution is -0.141. The second kappa shape index (κ2) is 7.86. The van der Waals surface area contributed by atoms with Gasteiger partial charge in [-0.2, -0.15) is 23.4 Å². The Morgan fingerprint density at radius 3 is 2.69 bits per heavy atom. The van der Waals surface area contributed by atoms with Gasteiger partial charge in [0.25, 0.3) is 0 Å². The monoisotopic (exact) mass is 444 g/mol. The highest BCUT2D eigenvalue weighted by atomic mass is 19.4. The van der Waals surface area contributed by atoms with Crippen LogP contribution in [0.3, 0.4) is 0 Å². The van der Waals surface area contributed by atoms with E-state index in [9.17, 15) is 13.2 Å². The van der Waals surface area contributed by atoms with E-state index in [1.54, 1.807) is 0 Å². The fraction of sp³-hybridized carbons (Fsp3) is 0.478. The number of fused-ring (bicyclic) bond motifs is 3. The third-order valence-electron chi connectivity index (χ3n) is 6.69. The minimum atomic E-state index is -4.52. The van der Waals surface area contributed by atoms with Crippen molar-refractivity contribution in [2.24, 2.45) is 5.92 Å². The molecule has 0 radical (unpaired) electrons. The maximum absolute atomic E-state index is 13.6. The van der Waals surface area contributed by atoms with Crippen molar-refractivity contribution in [2.45, 2.75) is 51.7 Å². The molecule has 3 N–H and O–H groups in total. The summed E-state index contributed by atoms with van der Waals surface area (Å²) in [5.74, 6) is 0.342. The molecule has 2 aliphatic rings. The van der Waals surface area contributed by atoms with Gasteiger partial charge in [0.2, 0.25) is 0 Å². The number of alkyl halides is 3. The molecule has 1 aliphatic heterocycles. The number of hydrogen-bond donors (Lipinski definition) is 3. The molecule has 32 heavy (non-hydrogen) atoms. The summed E-state index contributed by atoms with van der Waals surface area (Å²) >= 11 is 0.